The lowest BCUT2D eigenvalue weighted by Gasteiger charge is -2.21. The molecule has 0 saturated carbocycles. The Hall–Kier alpha value is -1.82. The van der Waals surface area contributed by atoms with E-state index in [0.29, 0.717) is 17.3 Å². The summed E-state index contributed by atoms with van der Waals surface area (Å²) in [5.74, 6) is -3.77. The van der Waals surface area contributed by atoms with Crippen molar-refractivity contribution in [1.29, 1.82) is 0 Å². The lowest BCUT2D eigenvalue weighted by Crippen LogP contribution is -2.31. The first-order valence-corrected chi connectivity index (χ1v) is 7.01. The van der Waals surface area contributed by atoms with Gasteiger partial charge in [-0.2, -0.15) is 5.10 Å². The van der Waals surface area contributed by atoms with Crippen LogP contribution in [-0.4, -0.2) is 15.8 Å². The predicted octanol–water partition coefficient (Wildman–Crippen LogP) is 2.85. The molecule has 0 aliphatic carbocycles. The zero-order chi connectivity index (χ0) is 14.7. The van der Waals surface area contributed by atoms with E-state index in [1.54, 1.807) is 11.7 Å². The number of aromatic nitrogens is 2. The Morgan fingerprint density at radius 2 is 1.90 bits per heavy atom. The molecule has 2 bridgehead atoms. The van der Waals surface area contributed by atoms with Gasteiger partial charge in [-0.1, -0.05) is 0 Å². The maximum atomic E-state index is 13.5. The van der Waals surface area contributed by atoms with Crippen LogP contribution in [0.15, 0.2) is 12.1 Å². The van der Waals surface area contributed by atoms with Gasteiger partial charge in [-0.3, -0.25) is 4.68 Å². The van der Waals surface area contributed by atoms with Crippen molar-refractivity contribution in [3.05, 3.63) is 40.8 Å². The number of nitrogens with zero attached hydrogens (tertiary/aromatic N) is 2. The summed E-state index contributed by atoms with van der Waals surface area (Å²) in [5, 5.41) is 7.99. The Morgan fingerprint density at radius 1 is 1.19 bits per heavy atom. The maximum absolute atomic E-state index is 13.5. The summed E-state index contributed by atoms with van der Waals surface area (Å²) in [4.78, 5) is 0. The lowest BCUT2D eigenvalue weighted by molar-refractivity contribution is 0.447. The molecule has 0 spiro atoms. The van der Waals surface area contributed by atoms with E-state index in [4.69, 9.17) is 0 Å². The zero-order valence-electron chi connectivity index (χ0n) is 11.5. The molecule has 2 aromatic rings. The number of hydrogen-bond acceptors (Lipinski definition) is 2. The molecule has 2 aliphatic rings. The van der Waals surface area contributed by atoms with Gasteiger partial charge in [0.05, 0.1) is 17.4 Å². The van der Waals surface area contributed by atoms with E-state index in [0.717, 1.165) is 42.7 Å². The van der Waals surface area contributed by atoms with Crippen LogP contribution in [0.4, 0.5) is 13.2 Å². The molecule has 21 heavy (non-hydrogen) atoms. The second kappa shape index (κ2) is 4.34. The number of hydrogen-bond donors (Lipinski definition) is 1. The van der Waals surface area contributed by atoms with Crippen molar-refractivity contribution < 1.29 is 13.2 Å². The van der Waals surface area contributed by atoms with Crippen LogP contribution in [0.3, 0.4) is 0 Å². The van der Waals surface area contributed by atoms with Gasteiger partial charge in [0.1, 0.15) is 0 Å². The Morgan fingerprint density at radius 3 is 2.62 bits per heavy atom. The molecular formula is C15H14F3N3. The fourth-order valence-corrected chi connectivity index (χ4v) is 3.57. The second-order valence-electron chi connectivity index (χ2n) is 5.79. The molecule has 2 aliphatic heterocycles. The van der Waals surface area contributed by atoms with Crippen molar-refractivity contribution in [2.45, 2.75) is 31.3 Å². The van der Waals surface area contributed by atoms with Gasteiger partial charge in [-0.25, -0.2) is 13.2 Å². The SMILES string of the molecule is Cn1nc2c(c1-c1cc(F)c(F)c(F)c1)CC1CCC2N1. The van der Waals surface area contributed by atoms with Crippen LogP contribution < -0.4 is 5.32 Å². The molecule has 1 aromatic carbocycles. The quantitative estimate of drug-likeness (QED) is 0.819. The van der Waals surface area contributed by atoms with Crippen LogP contribution in [-0.2, 0) is 13.5 Å². The minimum absolute atomic E-state index is 0.217. The minimum Gasteiger partial charge on any atom is -0.305 e. The third kappa shape index (κ3) is 1.82. The van der Waals surface area contributed by atoms with Crippen molar-refractivity contribution in [2.24, 2.45) is 7.05 Å². The van der Waals surface area contributed by atoms with Crippen LogP contribution in [0.5, 0.6) is 0 Å². The van der Waals surface area contributed by atoms with Gasteiger partial charge in [0.15, 0.2) is 17.5 Å². The summed E-state index contributed by atoms with van der Waals surface area (Å²) >= 11 is 0. The fraction of sp³-hybridized carbons (Fsp3) is 0.400. The van der Waals surface area contributed by atoms with Crippen LogP contribution in [0.2, 0.25) is 0 Å². The van der Waals surface area contributed by atoms with Crippen LogP contribution in [0, 0.1) is 17.5 Å². The van der Waals surface area contributed by atoms with Gasteiger partial charge < -0.3 is 5.32 Å². The third-order valence-corrected chi connectivity index (χ3v) is 4.45. The van der Waals surface area contributed by atoms with Gasteiger partial charge in [0.2, 0.25) is 0 Å². The molecule has 2 atom stereocenters. The normalized spacial score (nSPS) is 23.4. The van der Waals surface area contributed by atoms with Crippen molar-refractivity contribution >= 4 is 0 Å². The van der Waals surface area contributed by atoms with Crippen molar-refractivity contribution in [3.8, 4) is 11.3 Å². The van der Waals surface area contributed by atoms with Crippen LogP contribution >= 0.6 is 0 Å². The molecule has 1 N–H and O–H groups in total. The van der Waals surface area contributed by atoms with Crippen LogP contribution in [0.25, 0.3) is 11.3 Å². The van der Waals surface area contributed by atoms with E-state index in [2.05, 4.69) is 10.4 Å². The molecule has 0 radical (unpaired) electrons. The predicted molar refractivity (Wildman–Crippen MR) is 71.1 cm³/mol. The van der Waals surface area contributed by atoms with Crippen molar-refractivity contribution in [1.82, 2.24) is 15.1 Å². The molecule has 2 unspecified atom stereocenters. The molecule has 3 heterocycles. The number of fused-ring (bicyclic) bond motifs is 4. The third-order valence-electron chi connectivity index (χ3n) is 4.45. The highest BCUT2D eigenvalue weighted by molar-refractivity contribution is 5.66. The Kier molecular flexibility index (Phi) is 2.66. The Balaban J connectivity index is 1.90. The van der Waals surface area contributed by atoms with E-state index in [-0.39, 0.29) is 6.04 Å². The summed E-state index contributed by atoms with van der Waals surface area (Å²) in [6.07, 6.45) is 2.90. The average Bonchev–Trinajstić information content (AvgIpc) is 2.98. The topological polar surface area (TPSA) is 29.9 Å². The Bertz CT molecular complexity index is 715. The molecule has 110 valence electrons. The number of nitrogens with one attached hydrogen (secondary N) is 1. The summed E-state index contributed by atoms with van der Waals surface area (Å²) in [5.41, 5.74) is 2.99. The first kappa shape index (κ1) is 12.9. The molecule has 6 heteroatoms. The van der Waals surface area contributed by atoms with Gasteiger partial charge >= 0.3 is 0 Å². The second-order valence-corrected chi connectivity index (χ2v) is 5.79. The van der Waals surface area contributed by atoms with Gasteiger partial charge in [0.25, 0.3) is 0 Å². The van der Waals surface area contributed by atoms with Gasteiger partial charge in [-0.15, -0.1) is 0 Å². The van der Waals surface area contributed by atoms with E-state index >= 15 is 0 Å². The summed E-state index contributed by atoms with van der Waals surface area (Å²) < 4.78 is 41.8. The summed E-state index contributed by atoms with van der Waals surface area (Å²) in [6, 6.07) is 2.69. The standard InChI is InChI=1S/C15H14F3N3/c1-21-15(7-4-10(16)13(18)11(17)5-7)9-6-8-2-3-12(19-8)14(9)20-21/h4-5,8,12,19H,2-3,6H2,1H3. The maximum Gasteiger partial charge on any atom is 0.194 e. The van der Waals surface area contributed by atoms with E-state index in [1.807, 2.05) is 0 Å². The summed E-state index contributed by atoms with van der Waals surface area (Å²) in [7, 11) is 1.75. The summed E-state index contributed by atoms with van der Waals surface area (Å²) in [6.45, 7) is 0. The largest absolute Gasteiger partial charge is 0.305 e. The minimum atomic E-state index is -1.43. The fourth-order valence-electron chi connectivity index (χ4n) is 3.57. The molecular weight excluding hydrogens is 279 g/mol. The number of rotatable bonds is 1. The highest BCUT2D eigenvalue weighted by Crippen LogP contribution is 2.40. The first-order chi connectivity index (χ1) is 10.0. The van der Waals surface area contributed by atoms with Crippen molar-refractivity contribution in [2.75, 3.05) is 0 Å². The highest BCUT2D eigenvalue weighted by Gasteiger charge is 2.36. The molecule has 1 aromatic heterocycles. The van der Waals surface area contributed by atoms with E-state index in [9.17, 15) is 13.2 Å². The number of benzene rings is 1. The number of aryl methyl sites for hydroxylation is 1. The monoisotopic (exact) mass is 293 g/mol. The Labute approximate surface area is 119 Å². The van der Waals surface area contributed by atoms with Gasteiger partial charge in [0, 0.05) is 24.2 Å². The zero-order valence-corrected chi connectivity index (χ0v) is 11.5. The van der Waals surface area contributed by atoms with Crippen LogP contribution in [0.1, 0.15) is 30.1 Å². The molecule has 1 fully saturated rings. The van der Waals surface area contributed by atoms with E-state index in [1.165, 1.54) is 0 Å². The first-order valence-electron chi connectivity index (χ1n) is 7.01. The average molecular weight is 293 g/mol. The number of halogens is 3. The molecule has 4 rings (SSSR count). The van der Waals surface area contributed by atoms with E-state index < -0.39 is 17.5 Å². The molecule has 0 amide bonds. The van der Waals surface area contributed by atoms with Gasteiger partial charge in [-0.05, 0) is 31.4 Å². The molecule has 3 nitrogen and oxygen atoms in total. The molecule has 1 saturated heterocycles. The highest BCUT2D eigenvalue weighted by atomic mass is 19.2. The lowest BCUT2D eigenvalue weighted by atomic mass is 9.96. The smallest absolute Gasteiger partial charge is 0.194 e. The van der Waals surface area contributed by atoms with Crippen molar-refractivity contribution in [3.63, 3.8) is 0 Å².